The van der Waals surface area contributed by atoms with Crippen molar-refractivity contribution in [3.63, 3.8) is 0 Å². The van der Waals surface area contributed by atoms with E-state index in [-0.39, 0.29) is 30.8 Å². The smallest absolute Gasteiger partial charge is 0.242 e. The zero-order chi connectivity index (χ0) is 26.7. The molecule has 2 rings (SSSR count). The Bertz CT molecular complexity index is 1060. The molecule has 2 aromatic carbocycles. The van der Waals surface area contributed by atoms with Gasteiger partial charge in [-0.15, -0.1) is 0 Å². The van der Waals surface area contributed by atoms with Crippen LogP contribution in [-0.4, -0.2) is 52.3 Å². The second kappa shape index (κ2) is 13.8. The van der Waals surface area contributed by atoms with Crippen LogP contribution in [0.3, 0.4) is 0 Å². The molecule has 2 amide bonds. The second-order valence-corrected chi connectivity index (χ2v) is 8.52. The van der Waals surface area contributed by atoms with Gasteiger partial charge in [0.2, 0.25) is 11.8 Å². The van der Waals surface area contributed by atoms with E-state index in [1.807, 2.05) is 19.9 Å². The summed E-state index contributed by atoms with van der Waals surface area (Å²) < 4.78 is 21.0. The first-order valence-electron chi connectivity index (χ1n) is 11.5. The van der Waals surface area contributed by atoms with E-state index in [1.54, 1.807) is 44.6 Å². The lowest BCUT2D eigenvalue weighted by Crippen LogP contribution is -2.52. The van der Waals surface area contributed by atoms with Crippen LogP contribution in [0, 0.1) is 11.3 Å². The van der Waals surface area contributed by atoms with Crippen molar-refractivity contribution in [3.05, 3.63) is 47.5 Å². The lowest BCUT2D eigenvalue weighted by atomic mass is 10.0. The van der Waals surface area contributed by atoms with E-state index in [2.05, 4.69) is 16.0 Å². The first kappa shape index (κ1) is 28.3. The summed E-state index contributed by atoms with van der Waals surface area (Å²) in [5, 5.41) is 16.4. The van der Waals surface area contributed by atoms with Crippen LogP contribution in [0.25, 0.3) is 0 Å². The maximum Gasteiger partial charge on any atom is 0.242 e. The van der Waals surface area contributed by atoms with Gasteiger partial charge in [-0.1, -0.05) is 26.0 Å². The molecule has 0 aliphatic rings. The van der Waals surface area contributed by atoms with Crippen molar-refractivity contribution < 1.29 is 28.5 Å². The standard InChI is InChI=1S/C26H36N4O6/c1-16(2)11-19(25(32)28-15-18-8-10-21(34-4)23(13-18)36-6)29-26(27)30-24(31)14-17-7-9-20(33-3)22(12-17)35-5/h7-10,12-13,16,19H,11,14-15H2,1-6H3,(H,28,32)(H3,27,29,30,31)/t19-/m1/s1. The highest BCUT2D eigenvalue weighted by molar-refractivity contribution is 5.98. The molecule has 1 atom stereocenters. The number of methoxy groups -OCH3 is 4. The third-order valence-electron chi connectivity index (χ3n) is 5.33. The Morgan fingerprint density at radius 3 is 1.89 bits per heavy atom. The third kappa shape index (κ3) is 8.37. The normalized spacial score (nSPS) is 11.3. The summed E-state index contributed by atoms with van der Waals surface area (Å²) in [4.78, 5) is 25.4. The fraction of sp³-hybridized carbons (Fsp3) is 0.423. The van der Waals surface area contributed by atoms with Crippen LogP contribution in [0.5, 0.6) is 23.0 Å². The largest absolute Gasteiger partial charge is 0.493 e. The molecule has 0 saturated carbocycles. The van der Waals surface area contributed by atoms with Gasteiger partial charge in [0.05, 0.1) is 34.9 Å². The Morgan fingerprint density at radius 2 is 1.36 bits per heavy atom. The molecule has 0 aliphatic heterocycles. The highest BCUT2D eigenvalue weighted by atomic mass is 16.5. The second-order valence-electron chi connectivity index (χ2n) is 8.52. The first-order valence-corrected chi connectivity index (χ1v) is 11.5. The minimum Gasteiger partial charge on any atom is -0.493 e. The van der Waals surface area contributed by atoms with Gasteiger partial charge in [0.15, 0.2) is 29.0 Å². The predicted molar refractivity (Wildman–Crippen MR) is 137 cm³/mol. The number of nitrogens with one attached hydrogen (secondary N) is 4. The molecular weight excluding hydrogens is 464 g/mol. The maximum absolute atomic E-state index is 12.9. The van der Waals surface area contributed by atoms with Gasteiger partial charge in [0.25, 0.3) is 0 Å². The van der Waals surface area contributed by atoms with Gasteiger partial charge in [0, 0.05) is 6.54 Å². The molecule has 0 unspecified atom stereocenters. The zero-order valence-corrected chi connectivity index (χ0v) is 21.7. The number of rotatable bonds is 12. The van der Waals surface area contributed by atoms with E-state index >= 15 is 0 Å². The molecule has 36 heavy (non-hydrogen) atoms. The molecule has 0 spiro atoms. The van der Waals surface area contributed by atoms with E-state index in [1.165, 1.54) is 14.2 Å². The molecule has 0 aromatic heterocycles. The van der Waals surface area contributed by atoms with Crippen molar-refractivity contribution in [2.24, 2.45) is 5.92 Å². The minimum atomic E-state index is -0.695. The average molecular weight is 501 g/mol. The maximum atomic E-state index is 12.9. The molecule has 0 aliphatic carbocycles. The Balaban J connectivity index is 1.97. The number of carbonyl (C=O) groups is 2. The molecule has 0 bridgehead atoms. The van der Waals surface area contributed by atoms with Gasteiger partial charge >= 0.3 is 0 Å². The summed E-state index contributed by atoms with van der Waals surface area (Å²) >= 11 is 0. The van der Waals surface area contributed by atoms with Crippen LogP contribution in [-0.2, 0) is 22.6 Å². The van der Waals surface area contributed by atoms with Crippen LogP contribution in [0.4, 0.5) is 0 Å². The number of benzene rings is 2. The van der Waals surface area contributed by atoms with E-state index in [0.29, 0.717) is 35.0 Å². The average Bonchev–Trinajstić information content (AvgIpc) is 2.85. The van der Waals surface area contributed by atoms with Gasteiger partial charge in [0.1, 0.15) is 6.04 Å². The van der Waals surface area contributed by atoms with Gasteiger partial charge in [-0.25, -0.2) is 0 Å². The van der Waals surface area contributed by atoms with Gasteiger partial charge < -0.3 is 29.6 Å². The first-order chi connectivity index (χ1) is 17.2. The van der Waals surface area contributed by atoms with Crippen LogP contribution < -0.4 is 34.9 Å². The minimum absolute atomic E-state index is 0.0325. The van der Waals surface area contributed by atoms with Crippen LogP contribution in [0.1, 0.15) is 31.4 Å². The Hall–Kier alpha value is -3.95. The van der Waals surface area contributed by atoms with Crippen LogP contribution >= 0.6 is 0 Å². The fourth-order valence-electron chi connectivity index (χ4n) is 3.58. The van der Waals surface area contributed by atoms with Gasteiger partial charge in [-0.05, 0) is 47.7 Å². The molecule has 10 nitrogen and oxygen atoms in total. The summed E-state index contributed by atoms with van der Waals surface area (Å²) in [5.41, 5.74) is 1.53. The monoisotopic (exact) mass is 500 g/mol. The summed E-state index contributed by atoms with van der Waals surface area (Å²) in [7, 11) is 6.16. The van der Waals surface area contributed by atoms with Crippen LogP contribution in [0.15, 0.2) is 36.4 Å². The molecule has 0 radical (unpaired) electrons. The van der Waals surface area contributed by atoms with Crippen molar-refractivity contribution in [2.45, 2.75) is 39.3 Å². The van der Waals surface area contributed by atoms with E-state index in [4.69, 9.17) is 24.4 Å². The molecule has 0 fully saturated rings. The third-order valence-corrected chi connectivity index (χ3v) is 5.33. The molecule has 4 N–H and O–H groups in total. The summed E-state index contributed by atoms with van der Waals surface area (Å²) in [5.74, 6) is 1.51. The SMILES string of the molecule is COc1ccc(CNC(=O)[C@@H](CC(C)C)NC(=N)NC(=O)Cc2ccc(OC)c(OC)c2)cc1OC. The summed E-state index contributed by atoms with van der Waals surface area (Å²) in [6.45, 7) is 4.24. The predicted octanol–water partition coefficient (Wildman–Crippen LogP) is 2.64. The highest BCUT2D eigenvalue weighted by Gasteiger charge is 2.21. The molecular formula is C26H36N4O6. The van der Waals surface area contributed by atoms with E-state index in [9.17, 15) is 9.59 Å². The number of carbonyl (C=O) groups excluding carboxylic acids is 2. The summed E-state index contributed by atoms with van der Waals surface area (Å²) in [6, 6.07) is 9.88. The van der Waals surface area contributed by atoms with Gasteiger partial charge in [-0.3, -0.25) is 20.3 Å². The highest BCUT2D eigenvalue weighted by Crippen LogP contribution is 2.28. The van der Waals surface area contributed by atoms with E-state index < -0.39 is 11.9 Å². The van der Waals surface area contributed by atoms with Crippen molar-refractivity contribution in [1.82, 2.24) is 16.0 Å². The molecule has 0 heterocycles. The van der Waals surface area contributed by atoms with Crippen molar-refractivity contribution >= 4 is 17.8 Å². The Labute approximate surface area is 212 Å². The van der Waals surface area contributed by atoms with Crippen molar-refractivity contribution in [1.29, 1.82) is 5.41 Å². The zero-order valence-electron chi connectivity index (χ0n) is 21.7. The molecule has 2 aromatic rings. The van der Waals surface area contributed by atoms with Crippen molar-refractivity contribution in [2.75, 3.05) is 28.4 Å². The number of hydrogen-bond donors (Lipinski definition) is 4. The van der Waals surface area contributed by atoms with Crippen LogP contribution in [0.2, 0.25) is 0 Å². The number of amides is 2. The molecule has 0 saturated heterocycles. The number of hydrogen-bond acceptors (Lipinski definition) is 7. The topological polar surface area (TPSA) is 131 Å². The van der Waals surface area contributed by atoms with Gasteiger partial charge in [-0.2, -0.15) is 0 Å². The summed E-state index contributed by atoms with van der Waals surface area (Å²) in [6.07, 6.45) is 0.510. The van der Waals surface area contributed by atoms with Crippen molar-refractivity contribution in [3.8, 4) is 23.0 Å². The Kier molecular flexibility index (Phi) is 10.9. The fourth-order valence-corrected chi connectivity index (χ4v) is 3.58. The quantitative estimate of drug-likeness (QED) is 0.260. The van der Waals surface area contributed by atoms with E-state index in [0.717, 1.165) is 5.56 Å². The molecule has 196 valence electrons. The molecule has 10 heteroatoms. The Morgan fingerprint density at radius 1 is 0.833 bits per heavy atom. The lowest BCUT2D eigenvalue weighted by molar-refractivity contribution is -0.123. The lowest BCUT2D eigenvalue weighted by Gasteiger charge is -2.22. The number of guanidine groups is 1. The number of ether oxygens (including phenoxy) is 4.